The Labute approximate surface area is 119 Å². The Morgan fingerprint density at radius 3 is 2.89 bits per heavy atom. The number of esters is 1. The minimum atomic E-state index is -0.459. The number of carbonyl (C=O) groups excluding carboxylic acids is 2. The number of ether oxygens (including phenoxy) is 1. The number of nitrogens with zero attached hydrogens (tertiary/aromatic N) is 1. The number of halogens is 1. The molecule has 5 nitrogen and oxygen atoms in total. The third-order valence-corrected chi connectivity index (χ3v) is 3.82. The van der Waals surface area contributed by atoms with Gasteiger partial charge < -0.3 is 14.7 Å². The molecule has 1 aliphatic rings. The van der Waals surface area contributed by atoms with Crippen LogP contribution in [0.25, 0.3) is 0 Å². The third kappa shape index (κ3) is 2.79. The van der Waals surface area contributed by atoms with Gasteiger partial charge in [-0.3, -0.25) is 4.79 Å². The highest BCUT2D eigenvalue weighted by molar-refractivity contribution is 9.10. The van der Waals surface area contributed by atoms with Crippen molar-refractivity contribution < 1.29 is 19.4 Å². The van der Waals surface area contributed by atoms with Crippen molar-refractivity contribution in [2.75, 3.05) is 25.2 Å². The molecule has 1 amide bonds. The first kappa shape index (κ1) is 14.0. The van der Waals surface area contributed by atoms with Gasteiger partial charge in [0.15, 0.2) is 0 Å². The van der Waals surface area contributed by atoms with E-state index in [9.17, 15) is 9.59 Å². The Balaban J connectivity index is 2.31. The molecule has 0 aromatic heterocycles. The molecule has 0 spiro atoms. The summed E-state index contributed by atoms with van der Waals surface area (Å²) in [6, 6.07) is 5.09. The quantitative estimate of drug-likeness (QED) is 0.856. The normalized spacial score (nSPS) is 18.8. The molecule has 1 unspecified atom stereocenters. The predicted octanol–water partition coefficient (Wildman–Crippen LogP) is 1.58. The van der Waals surface area contributed by atoms with E-state index in [2.05, 4.69) is 15.9 Å². The van der Waals surface area contributed by atoms with Gasteiger partial charge in [-0.15, -0.1) is 0 Å². The predicted molar refractivity (Wildman–Crippen MR) is 73.0 cm³/mol. The van der Waals surface area contributed by atoms with Crippen LogP contribution in [0.1, 0.15) is 16.8 Å². The van der Waals surface area contributed by atoms with E-state index in [1.165, 1.54) is 7.11 Å². The average Bonchev–Trinajstić information content (AvgIpc) is 2.80. The molecular weight excluding hydrogens is 314 g/mol. The van der Waals surface area contributed by atoms with Crippen molar-refractivity contribution >= 4 is 33.5 Å². The molecule has 1 fully saturated rings. The van der Waals surface area contributed by atoms with Crippen molar-refractivity contribution in [1.29, 1.82) is 0 Å². The second-order valence-corrected chi connectivity index (χ2v) is 5.27. The highest BCUT2D eigenvalue weighted by Gasteiger charge is 2.30. The van der Waals surface area contributed by atoms with Crippen LogP contribution in [0.5, 0.6) is 0 Å². The zero-order chi connectivity index (χ0) is 14.0. The molecule has 1 aliphatic heterocycles. The van der Waals surface area contributed by atoms with Crippen molar-refractivity contribution in [2.45, 2.75) is 6.42 Å². The largest absolute Gasteiger partial charge is 0.465 e. The molecule has 102 valence electrons. The first-order chi connectivity index (χ1) is 9.06. The van der Waals surface area contributed by atoms with Crippen LogP contribution in [0.2, 0.25) is 0 Å². The first-order valence-electron chi connectivity index (χ1n) is 5.86. The van der Waals surface area contributed by atoms with E-state index in [0.29, 0.717) is 28.7 Å². The monoisotopic (exact) mass is 327 g/mol. The molecule has 1 saturated heterocycles. The zero-order valence-electron chi connectivity index (χ0n) is 10.4. The molecular formula is C13H14BrNO4. The third-order valence-electron chi connectivity index (χ3n) is 3.13. The van der Waals surface area contributed by atoms with E-state index in [-0.39, 0.29) is 18.4 Å². The Morgan fingerprint density at radius 1 is 1.58 bits per heavy atom. The summed E-state index contributed by atoms with van der Waals surface area (Å²) < 4.78 is 5.31. The fraction of sp³-hybridized carbons (Fsp3) is 0.385. The number of aliphatic hydroxyl groups is 1. The Morgan fingerprint density at radius 2 is 2.32 bits per heavy atom. The first-order valence-corrected chi connectivity index (χ1v) is 6.65. The van der Waals surface area contributed by atoms with Crippen LogP contribution in [-0.2, 0) is 9.53 Å². The second-order valence-electron chi connectivity index (χ2n) is 4.41. The molecule has 0 radical (unpaired) electrons. The lowest BCUT2D eigenvalue weighted by atomic mass is 10.1. The van der Waals surface area contributed by atoms with Crippen LogP contribution in [0.3, 0.4) is 0 Å². The lowest BCUT2D eigenvalue weighted by molar-refractivity contribution is -0.117. The summed E-state index contributed by atoms with van der Waals surface area (Å²) in [5.74, 6) is -0.547. The summed E-state index contributed by atoms with van der Waals surface area (Å²) >= 11 is 3.28. The molecule has 0 aliphatic carbocycles. The molecule has 6 heteroatoms. The molecule has 1 aromatic rings. The van der Waals surface area contributed by atoms with Gasteiger partial charge >= 0.3 is 5.97 Å². The summed E-state index contributed by atoms with van der Waals surface area (Å²) in [6.45, 7) is 0.459. The Bertz CT molecular complexity index is 517. The number of methoxy groups -OCH3 is 1. The molecule has 2 rings (SSSR count). The van der Waals surface area contributed by atoms with E-state index in [1.807, 2.05) is 0 Å². The molecule has 1 aromatic carbocycles. The van der Waals surface area contributed by atoms with Gasteiger partial charge in [0.1, 0.15) is 0 Å². The maximum absolute atomic E-state index is 11.9. The summed E-state index contributed by atoms with van der Waals surface area (Å²) in [5, 5.41) is 9.11. The Kier molecular flexibility index (Phi) is 4.21. The standard InChI is InChI=1S/C13H14BrNO4/c1-19-13(18)10-5-9(2-3-11(10)14)15-6-8(7-16)4-12(15)17/h2-3,5,8,16H,4,6-7H2,1H3. The van der Waals surface area contributed by atoms with Crippen LogP contribution in [-0.4, -0.2) is 37.2 Å². The van der Waals surface area contributed by atoms with Gasteiger partial charge in [0.05, 0.1) is 12.7 Å². The summed E-state index contributed by atoms with van der Waals surface area (Å²) in [7, 11) is 1.31. The number of hydrogen-bond acceptors (Lipinski definition) is 4. The maximum Gasteiger partial charge on any atom is 0.339 e. The van der Waals surface area contributed by atoms with Crippen LogP contribution < -0.4 is 4.90 Å². The van der Waals surface area contributed by atoms with Gasteiger partial charge in [-0.2, -0.15) is 0 Å². The van der Waals surface area contributed by atoms with Gasteiger partial charge in [-0.05, 0) is 34.1 Å². The lowest BCUT2D eigenvalue weighted by Crippen LogP contribution is -2.25. The highest BCUT2D eigenvalue weighted by atomic mass is 79.9. The smallest absolute Gasteiger partial charge is 0.339 e. The van der Waals surface area contributed by atoms with Crippen molar-refractivity contribution in [3.63, 3.8) is 0 Å². The van der Waals surface area contributed by atoms with Crippen molar-refractivity contribution in [2.24, 2.45) is 5.92 Å². The minimum absolute atomic E-state index is 0.0113. The van der Waals surface area contributed by atoms with E-state index in [1.54, 1.807) is 23.1 Å². The van der Waals surface area contributed by atoms with Gasteiger partial charge in [0, 0.05) is 35.7 Å². The lowest BCUT2D eigenvalue weighted by Gasteiger charge is -2.17. The second kappa shape index (κ2) is 5.71. The molecule has 0 bridgehead atoms. The van der Waals surface area contributed by atoms with Gasteiger partial charge in [-0.25, -0.2) is 4.79 Å². The average molecular weight is 328 g/mol. The fourth-order valence-electron chi connectivity index (χ4n) is 2.10. The van der Waals surface area contributed by atoms with Crippen molar-refractivity contribution in [1.82, 2.24) is 0 Å². The summed E-state index contributed by atoms with van der Waals surface area (Å²) in [6.07, 6.45) is 0.333. The highest BCUT2D eigenvalue weighted by Crippen LogP contribution is 2.29. The van der Waals surface area contributed by atoms with Crippen molar-refractivity contribution in [3.05, 3.63) is 28.2 Å². The van der Waals surface area contributed by atoms with E-state index >= 15 is 0 Å². The van der Waals surface area contributed by atoms with Gasteiger partial charge in [-0.1, -0.05) is 0 Å². The molecule has 1 atom stereocenters. The number of aliphatic hydroxyl groups excluding tert-OH is 1. The number of amides is 1. The summed E-state index contributed by atoms with van der Waals surface area (Å²) in [4.78, 5) is 25.1. The van der Waals surface area contributed by atoms with Gasteiger partial charge in [0.25, 0.3) is 0 Å². The Hall–Kier alpha value is -1.40. The maximum atomic E-state index is 11.9. The fourth-order valence-corrected chi connectivity index (χ4v) is 2.51. The SMILES string of the molecule is COC(=O)c1cc(N2CC(CO)CC2=O)ccc1Br. The number of rotatable bonds is 3. The van der Waals surface area contributed by atoms with Crippen LogP contribution >= 0.6 is 15.9 Å². The van der Waals surface area contributed by atoms with Crippen molar-refractivity contribution in [3.8, 4) is 0 Å². The van der Waals surface area contributed by atoms with E-state index in [0.717, 1.165) is 0 Å². The number of anilines is 1. The summed E-state index contributed by atoms with van der Waals surface area (Å²) in [5.41, 5.74) is 1.02. The molecule has 19 heavy (non-hydrogen) atoms. The topological polar surface area (TPSA) is 66.8 Å². The van der Waals surface area contributed by atoms with Gasteiger partial charge in [0.2, 0.25) is 5.91 Å². The van der Waals surface area contributed by atoms with E-state index < -0.39 is 5.97 Å². The van der Waals surface area contributed by atoms with Crippen LogP contribution in [0, 0.1) is 5.92 Å². The number of hydrogen-bond donors (Lipinski definition) is 1. The number of benzene rings is 1. The van der Waals surface area contributed by atoms with E-state index in [4.69, 9.17) is 9.84 Å². The zero-order valence-corrected chi connectivity index (χ0v) is 12.0. The molecule has 1 N–H and O–H groups in total. The minimum Gasteiger partial charge on any atom is -0.465 e. The molecule has 0 saturated carbocycles. The molecule has 1 heterocycles. The van der Waals surface area contributed by atoms with Crippen LogP contribution in [0.4, 0.5) is 5.69 Å². The van der Waals surface area contributed by atoms with Crippen LogP contribution in [0.15, 0.2) is 22.7 Å². The number of carbonyl (C=O) groups is 2.